The first-order chi connectivity index (χ1) is 24.2. The van der Waals surface area contributed by atoms with E-state index in [4.69, 9.17) is 30.8 Å². The summed E-state index contributed by atoms with van der Waals surface area (Å²) in [6, 6.07) is 22.5. The Morgan fingerprint density at radius 2 is 1.70 bits per heavy atom. The standard InChI is InChI=1S/C39H42ClN5O5/c1-39(47)22-44(23-39)21-31-34(48-2)17-26(18-35(31)49-3)45-16-15-28-27(7-6-10-33(28)45)29-8-5-9-30(37(29)40)32-13-11-24(38(43-32)50-4)19-41-20-25-12-14-36(46)42-25/h5-11,13,15-18,25,41,47H,12,14,19-23H2,1-4H3,(H,42,46)/t25-/m0/s1. The van der Waals surface area contributed by atoms with Crippen LogP contribution >= 0.6 is 11.6 Å². The second kappa shape index (κ2) is 14.0. The van der Waals surface area contributed by atoms with E-state index in [1.165, 1.54) is 0 Å². The molecule has 3 aromatic carbocycles. The van der Waals surface area contributed by atoms with Crippen molar-refractivity contribution in [3.05, 3.63) is 89.1 Å². The van der Waals surface area contributed by atoms with Crippen LogP contribution in [0, 0.1) is 0 Å². The number of nitrogens with one attached hydrogen (secondary N) is 2. The van der Waals surface area contributed by atoms with Crippen molar-refractivity contribution in [3.63, 3.8) is 0 Å². The highest BCUT2D eigenvalue weighted by Crippen LogP contribution is 2.41. The monoisotopic (exact) mass is 695 g/mol. The van der Waals surface area contributed by atoms with Gasteiger partial charge in [0.15, 0.2) is 0 Å². The van der Waals surface area contributed by atoms with Crippen molar-refractivity contribution < 1.29 is 24.1 Å². The molecule has 1 amide bonds. The molecule has 2 aliphatic heterocycles. The minimum absolute atomic E-state index is 0.107. The number of β-amino-alcohol motifs (C(OH)–C–C–N with tert-alkyl or cyclic N) is 1. The lowest BCUT2D eigenvalue weighted by molar-refractivity contribution is -0.119. The van der Waals surface area contributed by atoms with Crippen LogP contribution in [0.25, 0.3) is 39.0 Å². The molecule has 7 rings (SSSR count). The van der Waals surface area contributed by atoms with Gasteiger partial charge in [-0.1, -0.05) is 48.0 Å². The summed E-state index contributed by atoms with van der Waals surface area (Å²) in [5, 5.41) is 18.3. The third kappa shape index (κ3) is 6.64. The topological polar surface area (TPSA) is 110 Å². The number of fused-ring (bicyclic) bond motifs is 1. The van der Waals surface area contributed by atoms with Gasteiger partial charge in [-0.3, -0.25) is 9.69 Å². The number of rotatable bonds is 12. The zero-order valence-electron chi connectivity index (χ0n) is 28.8. The molecular weight excluding hydrogens is 654 g/mol. The van der Waals surface area contributed by atoms with Gasteiger partial charge in [0, 0.05) is 85.6 Å². The van der Waals surface area contributed by atoms with E-state index < -0.39 is 5.60 Å². The van der Waals surface area contributed by atoms with Crippen molar-refractivity contribution in [2.75, 3.05) is 41.0 Å². The van der Waals surface area contributed by atoms with E-state index in [2.05, 4.69) is 38.3 Å². The van der Waals surface area contributed by atoms with Crippen LogP contribution in [0.15, 0.2) is 72.9 Å². The zero-order valence-corrected chi connectivity index (χ0v) is 29.5. The first-order valence-corrected chi connectivity index (χ1v) is 17.2. The SMILES string of the molecule is COc1cc(-n2ccc3c(-c4cccc(-c5ccc(CNC[C@@H]6CCC(=O)N6)c(OC)n5)c4Cl)cccc32)cc(OC)c1CN1CC(C)(O)C1. The second-order valence-electron chi connectivity index (χ2n) is 13.4. The smallest absolute Gasteiger partial charge is 0.220 e. The lowest BCUT2D eigenvalue weighted by Crippen LogP contribution is -2.59. The Bertz CT molecular complexity index is 2030. The summed E-state index contributed by atoms with van der Waals surface area (Å²) in [4.78, 5) is 18.5. The van der Waals surface area contributed by atoms with Gasteiger partial charge in [0.25, 0.3) is 0 Å². The van der Waals surface area contributed by atoms with E-state index in [-0.39, 0.29) is 11.9 Å². The predicted octanol–water partition coefficient (Wildman–Crippen LogP) is 5.97. The van der Waals surface area contributed by atoms with Gasteiger partial charge in [0.2, 0.25) is 11.8 Å². The second-order valence-corrected chi connectivity index (χ2v) is 13.7. The van der Waals surface area contributed by atoms with Crippen molar-refractivity contribution in [1.29, 1.82) is 0 Å². The van der Waals surface area contributed by atoms with Crippen molar-refractivity contribution in [3.8, 4) is 45.5 Å². The molecule has 11 heteroatoms. The molecule has 2 saturated heterocycles. The molecule has 4 heterocycles. The van der Waals surface area contributed by atoms with Gasteiger partial charge in [0.1, 0.15) is 11.5 Å². The number of hydrogen-bond donors (Lipinski definition) is 3. The molecule has 0 bridgehead atoms. The summed E-state index contributed by atoms with van der Waals surface area (Å²) in [5.41, 5.74) is 6.55. The van der Waals surface area contributed by atoms with Gasteiger partial charge in [0.05, 0.1) is 54.4 Å². The van der Waals surface area contributed by atoms with Gasteiger partial charge in [-0.25, -0.2) is 4.98 Å². The average molecular weight is 696 g/mol. The first-order valence-electron chi connectivity index (χ1n) is 16.8. The summed E-state index contributed by atoms with van der Waals surface area (Å²) in [6.07, 6.45) is 3.47. The molecule has 1 atom stereocenters. The normalized spacial score (nSPS) is 17.1. The van der Waals surface area contributed by atoms with Crippen LogP contribution in [0.5, 0.6) is 17.4 Å². The molecule has 2 aliphatic rings. The fourth-order valence-electron chi connectivity index (χ4n) is 7.23. The third-order valence-electron chi connectivity index (χ3n) is 9.60. The van der Waals surface area contributed by atoms with Crippen molar-refractivity contribution in [2.45, 2.75) is 44.5 Å². The molecule has 5 aromatic rings. The van der Waals surface area contributed by atoms with Crippen LogP contribution in [0.1, 0.15) is 30.9 Å². The number of ether oxygens (including phenoxy) is 3. The Hall–Kier alpha value is -4.61. The number of carbonyl (C=O) groups is 1. The highest BCUT2D eigenvalue weighted by Gasteiger charge is 2.37. The van der Waals surface area contributed by atoms with Gasteiger partial charge in [-0.2, -0.15) is 0 Å². The van der Waals surface area contributed by atoms with E-state index in [1.807, 2.05) is 61.7 Å². The van der Waals surface area contributed by atoms with Crippen LogP contribution in [0.3, 0.4) is 0 Å². The number of carbonyl (C=O) groups excluding carboxylic acids is 1. The molecule has 3 N–H and O–H groups in total. The Labute approximate surface area is 296 Å². The highest BCUT2D eigenvalue weighted by atomic mass is 35.5. The van der Waals surface area contributed by atoms with Crippen molar-refractivity contribution in [2.24, 2.45) is 0 Å². The number of likely N-dealkylation sites (tertiary alicyclic amines) is 1. The molecule has 0 radical (unpaired) electrons. The number of aromatic nitrogens is 2. The fraction of sp³-hybridized carbons (Fsp3) is 0.333. The van der Waals surface area contributed by atoms with Gasteiger partial charge in [-0.05, 0) is 37.1 Å². The Morgan fingerprint density at radius 1 is 0.980 bits per heavy atom. The number of methoxy groups -OCH3 is 3. The molecule has 2 aromatic heterocycles. The first kappa shape index (κ1) is 33.9. The molecule has 0 spiro atoms. The average Bonchev–Trinajstić information content (AvgIpc) is 3.73. The molecular formula is C39H42ClN5O5. The molecule has 0 aliphatic carbocycles. The maximum Gasteiger partial charge on any atom is 0.220 e. The fourth-order valence-corrected chi connectivity index (χ4v) is 7.55. The van der Waals surface area contributed by atoms with Crippen LogP contribution in [0.2, 0.25) is 5.02 Å². The minimum atomic E-state index is -0.659. The molecule has 50 heavy (non-hydrogen) atoms. The number of aliphatic hydroxyl groups is 1. The van der Waals surface area contributed by atoms with Gasteiger partial charge >= 0.3 is 0 Å². The van der Waals surface area contributed by atoms with Gasteiger partial charge in [-0.15, -0.1) is 0 Å². The van der Waals surface area contributed by atoms with E-state index >= 15 is 0 Å². The van der Waals surface area contributed by atoms with Crippen molar-refractivity contribution in [1.82, 2.24) is 25.1 Å². The summed E-state index contributed by atoms with van der Waals surface area (Å²) in [6.45, 7) is 4.93. The van der Waals surface area contributed by atoms with Crippen molar-refractivity contribution >= 4 is 28.4 Å². The van der Waals surface area contributed by atoms with E-state index in [1.54, 1.807) is 21.3 Å². The maximum atomic E-state index is 11.5. The molecule has 2 fully saturated rings. The number of amides is 1. The maximum absolute atomic E-state index is 11.5. The largest absolute Gasteiger partial charge is 0.496 e. The number of nitrogens with zero attached hydrogens (tertiary/aromatic N) is 3. The lowest BCUT2D eigenvalue weighted by Gasteiger charge is -2.44. The van der Waals surface area contributed by atoms with Crippen LogP contribution in [-0.2, 0) is 17.9 Å². The minimum Gasteiger partial charge on any atom is -0.496 e. The Morgan fingerprint density at radius 3 is 2.38 bits per heavy atom. The summed E-state index contributed by atoms with van der Waals surface area (Å²) in [5.74, 6) is 2.09. The molecule has 0 saturated carbocycles. The quantitative estimate of drug-likeness (QED) is 0.147. The summed E-state index contributed by atoms with van der Waals surface area (Å²) in [7, 11) is 4.96. The highest BCUT2D eigenvalue weighted by molar-refractivity contribution is 6.36. The van der Waals surface area contributed by atoms with E-state index in [9.17, 15) is 9.90 Å². The molecule has 260 valence electrons. The number of hydrogen-bond acceptors (Lipinski definition) is 8. The van der Waals surface area contributed by atoms with Crippen LogP contribution in [-0.4, -0.2) is 78.1 Å². The summed E-state index contributed by atoms with van der Waals surface area (Å²) < 4.78 is 19.5. The number of halogens is 1. The van der Waals surface area contributed by atoms with E-state index in [0.717, 1.165) is 62.3 Å². The predicted molar refractivity (Wildman–Crippen MR) is 195 cm³/mol. The summed E-state index contributed by atoms with van der Waals surface area (Å²) >= 11 is 7.19. The third-order valence-corrected chi connectivity index (χ3v) is 10.0. The Kier molecular flexibility index (Phi) is 9.45. The lowest BCUT2D eigenvalue weighted by atomic mass is 9.96. The Balaban J connectivity index is 1.17. The molecule has 10 nitrogen and oxygen atoms in total. The number of pyridine rings is 1. The zero-order chi connectivity index (χ0) is 35.0. The van der Waals surface area contributed by atoms with E-state index in [0.29, 0.717) is 55.7 Å². The van der Waals surface area contributed by atoms with Crippen LogP contribution in [0.4, 0.5) is 0 Å². The molecule has 0 unspecified atom stereocenters. The van der Waals surface area contributed by atoms with Crippen LogP contribution < -0.4 is 24.8 Å². The van der Waals surface area contributed by atoms with Gasteiger partial charge < -0.3 is 34.5 Å². The number of benzene rings is 3.